The Bertz CT molecular complexity index is 849. The Labute approximate surface area is 167 Å². The van der Waals surface area contributed by atoms with E-state index in [0.717, 1.165) is 36.9 Å². The van der Waals surface area contributed by atoms with E-state index in [0.29, 0.717) is 0 Å². The van der Waals surface area contributed by atoms with E-state index in [-0.39, 0.29) is 34.7 Å². The number of para-hydroxylation sites is 1. The SMILES string of the molecule is CC(C)(C)c1ccccc1NC(=O)c1cccc(C(=O)NC2CCCCC2)n1. The molecule has 0 bridgehead atoms. The summed E-state index contributed by atoms with van der Waals surface area (Å²) in [5, 5.41) is 5.99. The molecular formula is C23H29N3O2. The number of carbonyl (C=O) groups excluding carboxylic acids is 2. The summed E-state index contributed by atoms with van der Waals surface area (Å²) in [6.45, 7) is 6.31. The van der Waals surface area contributed by atoms with Gasteiger partial charge in [-0.1, -0.05) is 64.3 Å². The van der Waals surface area contributed by atoms with Crippen LogP contribution in [-0.2, 0) is 5.41 Å². The second-order valence-electron chi connectivity index (χ2n) is 8.47. The zero-order valence-electron chi connectivity index (χ0n) is 16.9. The van der Waals surface area contributed by atoms with Crippen LogP contribution in [0.1, 0.15) is 79.4 Å². The van der Waals surface area contributed by atoms with Crippen molar-refractivity contribution in [2.45, 2.75) is 64.3 Å². The molecule has 0 aliphatic heterocycles. The van der Waals surface area contributed by atoms with Crippen LogP contribution in [0.4, 0.5) is 5.69 Å². The largest absolute Gasteiger partial charge is 0.348 e. The van der Waals surface area contributed by atoms with Crippen LogP contribution in [0.2, 0.25) is 0 Å². The van der Waals surface area contributed by atoms with Crippen molar-refractivity contribution in [3.05, 3.63) is 59.4 Å². The van der Waals surface area contributed by atoms with E-state index < -0.39 is 0 Å². The number of hydrogen-bond acceptors (Lipinski definition) is 3. The molecule has 1 aliphatic carbocycles. The van der Waals surface area contributed by atoms with Gasteiger partial charge >= 0.3 is 0 Å². The van der Waals surface area contributed by atoms with E-state index in [9.17, 15) is 9.59 Å². The minimum absolute atomic E-state index is 0.0982. The summed E-state index contributed by atoms with van der Waals surface area (Å²) in [7, 11) is 0. The summed E-state index contributed by atoms with van der Waals surface area (Å²) in [6.07, 6.45) is 5.54. The van der Waals surface area contributed by atoms with Crippen molar-refractivity contribution in [1.29, 1.82) is 0 Å². The fourth-order valence-electron chi connectivity index (χ4n) is 3.63. The van der Waals surface area contributed by atoms with Crippen LogP contribution in [0.3, 0.4) is 0 Å². The van der Waals surface area contributed by atoms with Crippen molar-refractivity contribution in [2.24, 2.45) is 0 Å². The second-order valence-corrected chi connectivity index (χ2v) is 8.47. The molecule has 2 N–H and O–H groups in total. The highest BCUT2D eigenvalue weighted by Gasteiger charge is 2.21. The van der Waals surface area contributed by atoms with Gasteiger partial charge in [-0.15, -0.1) is 0 Å². The van der Waals surface area contributed by atoms with Gasteiger partial charge < -0.3 is 10.6 Å². The Kier molecular flexibility index (Phi) is 6.12. The third-order valence-corrected chi connectivity index (χ3v) is 5.14. The van der Waals surface area contributed by atoms with Crippen molar-refractivity contribution >= 4 is 17.5 Å². The number of carbonyl (C=O) groups is 2. The van der Waals surface area contributed by atoms with Gasteiger partial charge in [-0.05, 0) is 42.0 Å². The summed E-state index contributed by atoms with van der Waals surface area (Å²) < 4.78 is 0. The molecule has 0 atom stereocenters. The number of anilines is 1. The number of benzene rings is 1. The van der Waals surface area contributed by atoms with E-state index in [2.05, 4.69) is 36.4 Å². The van der Waals surface area contributed by atoms with Crippen LogP contribution in [0, 0.1) is 0 Å². The smallest absolute Gasteiger partial charge is 0.274 e. The average molecular weight is 380 g/mol. The maximum absolute atomic E-state index is 12.8. The van der Waals surface area contributed by atoms with Gasteiger partial charge in [-0.3, -0.25) is 9.59 Å². The molecule has 5 nitrogen and oxygen atoms in total. The van der Waals surface area contributed by atoms with E-state index >= 15 is 0 Å². The molecule has 1 aromatic heterocycles. The Hall–Kier alpha value is -2.69. The lowest BCUT2D eigenvalue weighted by atomic mass is 9.86. The van der Waals surface area contributed by atoms with Gasteiger partial charge in [0.15, 0.2) is 0 Å². The van der Waals surface area contributed by atoms with Gasteiger partial charge in [0.2, 0.25) is 0 Å². The maximum Gasteiger partial charge on any atom is 0.274 e. The quantitative estimate of drug-likeness (QED) is 0.809. The van der Waals surface area contributed by atoms with Gasteiger partial charge in [0.25, 0.3) is 11.8 Å². The van der Waals surface area contributed by atoms with Crippen molar-refractivity contribution in [3.8, 4) is 0 Å². The number of amides is 2. The molecule has 148 valence electrons. The predicted molar refractivity (Wildman–Crippen MR) is 112 cm³/mol. The fraction of sp³-hybridized carbons (Fsp3) is 0.435. The summed E-state index contributed by atoms with van der Waals surface area (Å²) in [4.78, 5) is 29.6. The first kappa shape index (κ1) is 20.1. The van der Waals surface area contributed by atoms with Crippen molar-refractivity contribution in [1.82, 2.24) is 10.3 Å². The van der Waals surface area contributed by atoms with E-state index in [1.165, 1.54) is 6.42 Å². The normalized spacial score (nSPS) is 15.1. The van der Waals surface area contributed by atoms with Crippen LogP contribution in [0.15, 0.2) is 42.5 Å². The van der Waals surface area contributed by atoms with E-state index in [4.69, 9.17) is 0 Å². The van der Waals surface area contributed by atoms with Crippen molar-refractivity contribution in [2.75, 3.05) is 5.32 Å². The molecule has 1 saturated carbocycles. The Morgan fingerprint density at radius 2 is 1.54 bits per heavy atom. The Morgan fingerprint density at radius 1 is 0.893 bits per heavy atom. The van der Waals surface area contributed by atoms with Gasteiger partial charge in [0, 0.05) is 11.7 Å². The highest BCUT2D eigenvalue weighted by atomic mass is 16.2. The summed E-state index contributed by atoms with van der Waals surface area (Å²) >= 11 is 0. The number of rotatable bonds is 4. The minimum Gasteiger partial charge on any atom is -0.348 e. The predicted octanol–water partition coefficient (Wildman–Crippen LogP) is 4.69. The molecule has 2 aromatic rings. The Morgan fingerprint density at radius 3 is 2.21 bits per heavy atom. The number of nitrogens with one attached hydrogen (secondary N) is 2. The van der Waals surface area contributed by atoms with Gasteiger partial charge in [-0.2, -0.15) is 0 Å². The number of nitrogens with zero attached hydrogens (tertiary/aromatic N) is 1. The number of hydrogen-bond donors (Lipinski definition) is 2. The first-order chi connectivity index (χ1) is 13.3. The molecule has 0 saturated heterocycles. The van der Waals surface area contributed by atoms with E-state index in [1.807, 2.05) is 24.3 Å². The highest BCUT2D eigenvalue weighted by molar-refractivity contribution is 6.04. The average Bonchev–Trinajstić information content (AvgIpc) is 2.68. The van der Waals surface area contributed by atoms with Crippen LogP contribution in [0.25, 0.3) is 0 Å². The Balaban J connectivity index is 1.73. The molecule has 0 radical (unpaired) electrons. The third-order valence-electron chi connectivity index (χ3n) is 5.14. The van der Waals surface area contributed by atoms with Gasteiger partial charge in [0.05, 0.1) is 0 Å². The lowest BCUT2D eigenvalue weighted by Gasteiger charge is -2.23. The molecular weight excluding hydrogens is 350 g/mol. The first-order valence-corrected chi connectivity index (χ1v) is 10.0. The lowest BCUT2D eigenvalue weighted by molar-refractivity contribution is 0.0922. The molecule has 1 heterocycles. The third kappa shape index (κ3) is 4.97. The molecule has 0 unspecified atom stereocenters. The first-order valence-electron chi connectivity index (χ1n) is 10.0. The van der Waals surface area contributed by atoms with Crippen molar-refractivity contribution < 1.29 is 9.59 Å². The summed E-state index contributed by atoms with van der Waals surface area (Å²) in [6, 6.07) is 12.9. The second kappa shape index (κ2) is 8.55. The number of aromatic nitrogens is 1. The standard InChI is InChI=1S/C23H29N3O2/c1-23(2,3)17-12-7-8-13-18(17)26-22(28)20-15-9-14-19(25-20)21(27)24-16-10-5-4-6-11-16/h7-9,12-16H,4-6,10-11H2,1-3H3,(H,24,27)(H,26,28). The molecule has 3 rings (SSSR count). The lowest BCUT2D eigenvalue weighted by Crippen LogP contribution is -2.36. The molecule has 1 fully saturated rings. The number of pyridine rings is 1. The van der Waals surface area contributed by atoms with Crippen molar-refractivity contribution in [3.63, 3.8) is 0 Å². The zero-order chi connectivity index (χ0) is 20.1. The molecule has 1 aliphatic rings. The summed E-state index contributed by atoms with van der Waals surface area (Å²) in [5.74, 6) is -0.527. The maximum atomic E-state index is 12.8. The minimum atomic E-state index is -0.316. The van der Waals surface area contributed by atoms with Crippen LogP contribution in [0.5, 0.6) is 0 Å². The summed E-state index contributed by atoms with van der Waals surface area (Å²) in [5.41, 5.74) is 2.23. The molecule has 2 amide bonds. The van der Waals surface area contributed by atoms with Gasteiger partial charge in [-0.25, -0.2) is 4.98 Å². The molecule has 0 spiro atoms. The molecule has 28 heavy (non-hydrogen) atoms. The van der Waals surface area contributed by atoms with Crippen LogP contribution < -0.4 is 10.6 Å². The zero-order valence-corrected chi connectivity index (χ0v) is 16.9. The van der Waals surface area contributed by atoms with Gasteiger partial charge in [0.1, 0.15) is 11.4 Å². The van der Waals surface area contributed by atoms with E-state index in [1.54, 1.807) is 18.2 Å². The fourth-order valence-corrected chi connectivity index (χ4v) is 3.63. The highest BCUT2D eigenvalue weighted by Crippen LogP contribution is 2.29. The topological polar surface area (TPSA) is 71.1 Å². The monoisotopic (exact) mass is 379 g/mol. The van der Waals surface area contributed by atoms with Crippen LogP contribution >= 0.6 is 0 Å². The molecule has 5 heteroatoms. The van der Waals surface area contributed by atoms with Crippen LogP contribution in [-0.4, -0.2) is 22.8 Å². The molecule has 1 aromatic carbocycles.